The molecule has 0 fully saturated rings. The second-order valence-corrected chi connectivity index (χ2v) is 3.32. The topological polar surface area (TPSA) is 68.6 Å². The summed E-state index contributed by atoms with van der Waals surface area (Å²) in [4.78, 5) is 3.13. The average molecular weight is 252 g/mol. The summed E-state index contributed by atoms with van der Waals surface area (Å²) in [7, 11) is 0. The van der Waals surface area contributed by atoms with Gasteiger partial charge in [-0.1, -0.05) is 12.1 Å². The molecule has 0 radical (unpaired) electrons. The van der Waals surface area contributed by atoms with Crippen molar-refractivity contribution >= 4 is 23.3 Å². The molecule has 0 amide bonds. The van der Waals surface area contributed by atoms with Crippen molar-refractivity contribution in [2.45, 2.75) is 6.73 Å². The van der Waals surface area contributed by atoms with E-state index in [2.05, 4.69) is 20.5 Å². The highest BCUT2D eigenvalue weighted by Crippen LogP contribution is 2.23. The number of ether oxygens (including phenoxy) is 1. The molecule has 1 aromatic carbocycles. The normalized spacial score (nSPS) is 10.1. The van der Waals surface area contributed by atoms with Gasteiger partial charge in [0, 0.05) is 11.6 Å². The minimum absolute atomic E-state index is 0. The number of hydrogen-bond acceptors (Lipinski definition) is 4. The van der Waals surface area contributed by atoms with E-state index in [1.165, 1.54) is 11.0 Å². The Morgan fingerprint density at radius 2 is 2.24 bits per heavy atom. The van der Waals surface area contributed by atoms with Crippen LogP contribution in [-0.4, -0.2) is 25.2 Å². The first-order valence-corrected chi connectivity index (χ1v) is 4.83. The number of rotatable bonds is 3. The third-order valence-electron chi connectivity index (χ3n) is 2.29. The van der Waals surface area contributed by atoms with Crippen LogP contribution >= 0.6 is 12.4 Å². The van der Waals surface area contributed by atoms with Crippen LogP contribution < -0.4 is 4.74 Å². The minimum atomic E-state index is 0. The van der Waals surface area contributed by atoms with Crippen molar-refractivity contribution in [2.75, 3.05) is 0 Å². The van der Waals surface area contributed by atoms with Crippen molar-refractivity contribution in [3.8, 4) is 5.75 Å². The smallest absolute Gasteiger partial charge is 0.184 e. The Hall–Kier alpha value is -2.08. The Balaban J connectivity index is 0.00000108. The highest BCUT2D eigenvalue weighted by atomic mass is 35.5. The van der Waals surface area contributed by atoms with Crippen LogP contribution in [0.5, 0.6) is 5.75 Å². The van der Waals surface area contributed by atoms with Gasteiger partial charge in [-0.2, -0.15) is 4.68 Å². The molecule has 0 saturated heterocycles. The van der Waals surface area contributed by atoms with Crippen LogP contribution in [0.3, 0.4) is 0 Å². The van der Waals surface area contributed by atoms with E-state index in [-0.39, 0.29) is 12.4 Å². The van der Waals surface area contributed by atoms with E-state index in [0.717, 1.165) is 16.7 Å². The minimum Gasteiger partial charge on any atom is -0.469 e. The molecule has 6 nitrogen and oxygen atoms in total. The lowest BCUT2D eigenvalue weighted by molar-refractivity contribution is 0.220. The third kappa shape index (κ3) is 2.21. The lowest BCUT2D eigenvalue weighted by atomic mass is 10.2. The zero-order chi connectivity index (χ0) is 10.8. The molecule has 0 spiro atoms. The van der Waals surface area contributed by atoms with E-state index >= 15 is 0 Å². The van der Waals surface area contributed by atoms with E-state index in [0.29, 0.717) is 6.73 Å². The summed E-state index contributed by atoms with van der Waals surface area (Å²) in [5.41, 5.74) is 0.982. The summed E-state index contributed by atoms with van der Waals surface area (Å²) in [6.07, 6.45) is 3.39. The predicted octanol–water partition coefficient (Wildman–Crippen LogP) is 1.61. The summed E-state index contributed by atoms with van der Waals surface area (Å²) in [6.45, 7) is 0.297. The number of aromatic nitrogens is 5. The first-order valence-electron chi connectivity index (χ1n) is 4.83. The predicted molar refractivity (Wildman–Crippen MR) is 64.0 cm³/mol. The van der Waals surface area contributed by atoms with Gasteiger partial charge in [-0.3, -0.25) is 0 Å². The zero-order valence-corrected chi connectivity index (χ0v) is 9.59. The number of H-pyrrole nitrogens is 1. The van der Waals surface area contributed by atoms with Gasteiger partial charge >= 0.3 is 0 Å². The molecule has 3 rings (SSSR count). The molecule has 0 unspecified atom stereocenters. The highest BCUT2D eigenvalue weighted by molar-refractivity contribution is 5.85. The summed E-state index contributed by atoms with van der Waals surface area (Å²) < 4.78 is 7.13. The van der Waals surface area contributed by atoms with Gasteiger partial charge in [0.15, 0.2) is 6.73 Å². The monoisotopic (exact) mass is 251 g/mol. The van der Waals surface area contributed by atoms with Crippen LogP contribution in [0.4, 0.5) is 0 Å². The number of nitrogens with one attached hydrogen (secondary N) is 1. The summed E-state index contributed by atoms with van der Waals surface area (Å²) in [5.74, 6) is 0.790. The van der Waals surface area contributed by atoms with Crippen LogP contribution in [0.1, 0.15) is 0 Å². The lowest BCUT2D eigenvalue weighted by Gasteiger charge is -2.05. The van der Waals surface area contributed by atoms with Crippen molar-refractivity contribution < 1.29 is 4.74 Å². The molecule has 2 heterocycles. The molecule has 0 saturated carbocycles. The van der Waals surface area contributed by atoms with Gasteiger partial charge in [0.2, 0.25) is 0 Å². The molecule has 0 aliphatic carbocycles. The quantitative estimate of drug-likeness (QED) is 0.768. The van der Waals surface area contributed by atoms with Crippen LogP contribution in [0.25, 0.3) is 10.9 Å². The molecule has 1 N–H and O–H groups in total. The fourth-order valence-corrected chi connectivity index (χ4v) is 1.55. The van der Waals surface area contributed by atoms with Crippen LogP contribution in [0.15, 0.2) is 36.8 Å². The number of benzene rings is 1. The number of tetrazole rings is 1. The first-order chi connectivity index (χ1) is 7.93. The first kappa shape index (κ1) is 11.4. The van der Waals surface area contributed by atoms with E-state index < -0.39 is 0 Å². The van der Waals surface area contributed by atoms with E-state index in [1.807, 2.05) is 30.5 Å². The Morgan fingerprint density at radius 3 is 3.06 bits per heavy atom. The highest BCUT2D eigenvalue weighted by Gasteiger charge is 2.02. The summed E-state index contributed by atoms with van der Waals surface area (Å²) in [6, 6.07) is 7.88. The fourth-order valence-electron chi connectivity index (χ4n) is 1.55. The SMILES string of the molecule is Cl.c1cc(OCn2cnnn2)c2[nH]ccc2c1. The van der Waals surface area contributed by atoms with Crippen LogP contribution in [0.2, 0.25) is 0 Å². The van der Waals surface area contributed by atoms with Gasteiger partial charge in [-0.15, -0.1) is 17.5 Å². The third-order valence-corrected chi connectivity index (χ3v) is 2.29. The molecule has 0 bridgehead atoms. The van der Waals surface area contributed by atoms with Gasteiger partial charge in [-0.05, 0) is 22.6 Å². The molecule has 0 atom stereocenters. The molecule has 0 aliphatic heterocycles. The second kappa shape index (κ2) is 4.84. The van der Waals surface area contributed by atoms with Crippen LogP contribution in [-0.2, 0) is 6.73 Å². The average Bonchev–Trinajstić information content (AvgIpc) is 2.97. The largest absolute Gasteiger partial charge is 0.469 e. The number of hydrogen-bond donors (Lipinski definition) is 1. The maximum Gasteiger partial charge on any atom is 0.184 e. The number of fused-ring (bicyclic) bond motifs is 1. The Bertz CT molecular complexity index is 592. The molecule has 2 aromatic heterocycles. The van der Waals surface area contributed by atoms with E-state index in [9.17, 15) is 0 Å². The Morgan fingerprint density at radius 1 is 1.29 bits per heavy atom. The number of aromatic amines is 1. The van der Waals surface area contributed by atoms with E-state index in [4.69, 9.17) is 4.74 Å². The van der Waals surface area contributed by atoms with Gasteiger partial charge in [0.1, 0.15) is 12.1 Å². The fraction of sp³-hybridized carbons (Fsp3) is 0.100. The lowest BCUT2D eigenvalue weighted by Crippen LogP contribution is -2.06. The molecular weight excluding hydrogens is 242 g/mol. The van der Waals surface area contributed by atoms with Crippen molar-refractivity contribution in [3.63, 3.8) is 0 Å². The molecular formula is C10H10ClN5O. The second-order valence-electron chi connectivity index (χ2n) is 3.32. The van der Waals surface area contributed by atoms with Crippen molar-refractivity contribution in [1.29, 1.82) is 0 Å². The molecule has 7 heteroatoms. The van der Waals surface area contributed by atoms with Crippen molar-refractivity contribution in [2.24, 2.45) is 0 Å². The standard InChI is InChI=1S/C10H9N5O.ClH/c1-2-8-4-5-11-10(8)9(3-1)16-7-15-6-12-13-14-15;/h1-6,11H,7H2;1H. The van der Waals surface area contributed by atoms with Gasteiger partial charge in [-0.25, -0.2) is 0 Å². The zero-order valence-electron chi connectivity index (χ0n) is 8.78. The summed E-state index contributed by atoms with van der Waals surface area (Å²) in [5, 5.41) is 11.9. The Labute approximate surface area is 103 Å². The van der Waals surface area contributed by atoms with Gasteiger partial charge < -0.3 is 9.72 Å². The van der Waals surface area contributed by atoms with E-state index in [1.54, 1.807) is 0 Å². The number of nitrogens with zero attached hydrogens (tertiary/aromatic N) is 4. The number of halogens is 1. The summed E-state index contributed by atoms with van der Waals surface area (Å²) >= 11 is 0. The van der Waals surface area contributed by atoms with Crippen LogP contribution in [0, 0.1) is 0 Å². The molecule has 0 aliphatic rings. The molecule has 17 heavy (non-hydrogen) atoms. The maximum atomic E-state index is 5.61. The van der Waals surface area contributed by atoms with Gasteiger partial charge in [0.05, 0.1) is 5.52 Å². The van der Waals surface area contributed by atoms with Crippen molar-refractivity contribution in [1.82, 2.24) is 25.2 Å². The number of para-hydroxylation sites is 1. The van der Waals surface area contributed by atoms with Crippen molar-refractivity contribution in [3.05, 3.63) is 36.8 Å². The molecule has 88 valence electrons. The maximum absolute atomic E-state index is 5.61. The Kier molecular flexibility index (Phi) is 3.24. The van der Waals surface area contributed by atoms with Gasteiger partial charge in [0.25, 0.3) is 0 Å². The molecule has 3 aromatic rings.